The number of carbonyl (C=O) groups excluding carboxylic acids is 1. The van der Waals surface area contributed by atoms with E-state index in [0.717, 1.165) is 19.4 Å². The van der Waals surface area contributed by atoms with Crippen LogP contribution in [0.5, 0.6) is 11.5 Å². The minimum Gasteiger partial charge on any atom is -0.493 e. The second-order valence-corrected chi connectivity index (χ2v) is 6.19. The van der Waals surface area contributed by atoms with Crippen molar-refractivity contribution in [2.24, 2.45) is 0 Å². The Kier molecular flexibility index (Phi) is 6.87. The molecule has 2 rings (SSSR count). The normalized spacial score (nSPS) is 15.4. The first-order valence-corrected chi connectivity index (χ1v) is 8.33. The van der Waals surface area contributed by atoms with Crippen LogP contribution >= 0.6 is 0 Å². The van der Waals surface area contributed by atoms with Crippen molar-refractivity contribution >= 4 is 5.91 Å². The molecule has 0 aliphatic carbocycles. The van der Waals surface area contributed by atoms with Gasteiger partial charge in [0.25, 0.3) is 5.91 Å². The summed E-state index contributed by atoms with van der Waals surface area (Å²) in [6.45, 7) is 2.89. The molecule has 1 aliphatic rings. The summed E-state index contributed by atoms with van der Waals surface area (Å²) < 4.78 is 16.2. The highest BCUT2D eigenvalue weighted by atomic mass is 16.5. The molecule has 1 aromatic carbocycles. The van der Waals surface area contributed by atoms with Crippen molar-refractivity contribution in [3.63, 3.8) is 0 Å². The lowest BCUT2D eigenvalue weighted by Gasteiger charge is -2.35. The van der Waals surface area contributed by atoms with Crippen LogP contribution < -0.4 is 9.47 Å². The molecule has 0 spiro atoms. The highest BCUT2D eigenvalue weighted by molar-refractivity contribution is 5.98. The Morgan fingerprint density at radius 1 is 1.17 bits per heavy atom. The first-order valence-electron chi connectivity index (χ1n) is 8.33. The Morgan fingerprint density at radius 3 is 2.46 bits per heavy atom. The summed E-state index contributed by atoms with van der Waals surface area (Å²) in [5, 5.41) is 0. The van der Waals surface area contributed by atoms with Crippen LogP contribution in [0.25, 0.3) is 0 Å². The van der Waals surface area contributed by atoms with E-state index in [-0.39, 0.29) is 11.9 Å². The maximum Gasteiger partial charge on any atom is 0.258 e. The highest BCUT2D eigenvalue weighted by Gasteiger charge is 2.29. The number of carbonyl (C=O) groups is 1. The summed E-state index contributed by atoms with van der Waals surface area (Å²) in [6.07, 6.45) is 1.73. The van der Waals surface area contributed by atoms with Gasteiger partial charge in [-0.2, -0.15) is 0 Å². The molecule has 0 N–H and O–H groups in total. The molecule has 1 aliphatic heterocycles. The fourth-order valence-electron chi connectivity index (χ4n) is 2.96. The molecule has 1 aromatic rings. The Morgan fingerprint density at radius 2 is 1.88 bits per heavy atom. The summed E-state index contributed by atoms with van der Waals surface area (Å²) in [6, 6.07) is 5.62. The van der Waals surface area contributed by atoms with Gasteiger partial charge in [-0.15, -0.1) is 0 Å². The lowest BCUT2D eigenvalue weighted by atomic mass is 10.0. The van der Waals surface area contributed by atoms with Crippen LogP contribution in [0.4, 0.5) is 0 Å². The average molecular weight is 336 g/mol. The number of rotatable bonds is 7. The quantitative estimate of drug-likeness (QED) is 0.761. The van der Waals surface area contributed by atoms with Gasteiger partial charge in [-0.25, -0.2) is 0 Å². The van der Waals surface area contributed by atoms with Crippen LogP contribution in [0.1, 0.15) is 23.2 Å². The Labute approximate surface area is 144 Å². The molecule has 6 heteroatoms. The van der Waals surface area contributed by atoms with E-state index in [2.05, 4.69) is 4.90 Å². The predicted octanol–water partition coefficient (Wildman–Crippen LogP) is 1.89. The van der Waals surface area contributed by atoms with Crippen molar-refractivity contribution in [2.45, 2.75) is 18.9 Å². The zero-order chi connectivity index (χ0) is 17.5. The molecule has 1 heterocycles. The fraction of sp³-hybridized carbons (Fsp3) is 0.611. The molecule has 134 valence electrons. The van der Waals surface area contributed by atoms with Gasteiger partial charge in [-0.05, 0) is 39.1 Å². The lowest BCUT2D eigenvalue weighted by Crippen LogP contribution is -2.46. The minimum atomic E-state index is -0.0144. The number of para-hydroxylation sites is 1. The second-order valence-electron chi connectivity index (χ2n) is 6.19. The topological polar surface area (TPSA) is 51.2 Å². The van der Waals surface area contributed by atoms with Gasteiger partial charge in [0.05, 0.1) is 19.8 Å². The van der Waals surface area contributed by atoms with Gasteiger partial charge < -0.3 is 24.0 Å². The van der Waals surface area contributed by atoms with Gasteiger partial charge in [0, 0.05) is 32.3 Å². The Balaban J connectivity index is 2.29. The third-order valence-corrected chi connectivity index (χ3v) is 4.31. The van der Waals surface area contributed by atoms with Crippen LogP contribution in [-0.2, 0) is 4.74 Å². The molecule has 0 atom stereocenters. The predicted molar refractivity (Wildman–Crippen MR) is 93.0 cm³/mol. The molecule has 0 radical (unpaired) electrons. The van der Waals surface area contributed by atoms with Crippen LogP contribution in [-0.4, -0.2) is 76.4 Å². The van der Waals surface area contributed by atoms with Crippen molar-refractivity contribution in [1.29, 1.82) is 0 Å². The van der Waals surface area contributed by atoms with Gasteiger partial charge in [0.15, 0.2) is 11.5 Å². The van der Waals surface area contributed by atoms with Crippen LogP contribution in [0.3, 0.4) is 0 Å². The second kappa shape index (κ2) is 8.89. The first-order chi connectivity index (χ1) is 11.6. The molecular weight excluding hydrogens is 308 g/mol. The standard InChI is InChI=1S/C18H28N2O4/c1-19(2)10-11-20(14-8-12-24-13-9-14)18(21)15-6-5-7-16(22-3)17(15)23-4/h5-7,14H,8-13H2,1-4H3. The first kappa shape index (κ1) is 18.5. The van der Waals surface area contributed by atoms with Crippen molar-refractivity contribution in [2.75, 3.05) is 54.6 Å². The smallest absolute Gasteiger partial charge is 0.258 e. The number of likely N-dealkylation sites (N-methyl/N-ethyl adjacent to an activating group) is 1. The zero-order valence-electron chi connectivity index (χ0n) is 15.1. The molecule has 1 fully saturated rings. The molecule has 0 bridgehead atoms. The third-order valence-electron chi connectivity index (χ3n) is 4.31. The number of methoxy groups -OCH3 is 2. The van der Waals surface area contributed by atoms with E-state index in [0.29, 0.717) is 36.8 Å². The lowest BCUT2D eigenvalue weighted by molar-refractivity contribution is 0.0274. The number of nitrogens with zero attached hydrogens (tertiary/aromatic N) is 2. The monoisotopic (exact) mass is 336 g/mol. The zero-order valence-corrected chi connectivity index (χ0v) is 15.1. The summed E-state index contributed by atoms with van der Waals surface area (Å²) in [5.74, 6) is 1.05. The summed E-state index contributed by atoms with van der Waals surface area (Å²) in [5.41, 5.74) is 0.544. The number of hydrogen-bond acceptors (Lipinski definition) is 5. The molecule has 1 amide bonds. The van der Waals surface area contributed by atoms with Crippen molar-refractivity contribution in [3.8, 4) is 11.5 Å². The Bertz CT molecular complexity index is 542. The van der Waals surface area contributed by atoms with Gasteiger partial charge in [0.2, 0.25) is 0 Å². The van der Waals surface area contributed by atoms with Crippen molar-refractivity contribution in [1.82, 2.24) is 9.80 Å². The van der Waals surface area contributed by atoms with Gasteiger partial charge in [-0.1, -0.05) is 6.07 Å². The largest absolute Gasteiger partial charge is 0.493 e. The number of ether oxygens (including phenoxy) is 3. The maximum atomic E-state index is 13.2. The Hall–Kier alpha value is -1.79. The van der Waals surface area contributed by atoms with Crippen LogP contribution in [0.2, 0.25) is 0 Å². The van der Waals surface area contributed by atoms with E-state index in [4.69, 9.17) is 14.2 Å². The third kappa shape index (κ3) is 4.39. The number of benzene rings is 1. The van der Waals surface area contributed by atoms with Crippen LogP contribution in [0.15, 0.2) is 18.2 Å². The van der Waals surface area contributed by atoms with E-state index in [1.165, 1.54) is 0 Å². The van der Waals surface area contributed by atoms with Crippen molar-refractivity contribution < 1.29 is 19.0 Å². The molecule has 24 heavy (non-hydrogen) atoms. The van der Waals surface area contributed by atoms with E-state index >= 15 is 0 Å². The SMILES string of the molecule is COc1cccc(C(=O)N(CCN(C)C)C2CCOCC2)c1OC. The summed E-state index contributed by atoms with van der Waals surface area (Å²) in [4.78, 5) is 17.3. The average Bonchev–Trinajstić information content (AvgIpc) is 2.61. The maximum absolute atomic E-state index is 13.2. The summed E-state index contributed by atoms with van der Waals surface area (Å²) in [7, 11) is 7.17. The molecule has 6 nitrogen and oxygen atoms in total. The van der Waals surface area contributed by atoms with E-state index in [9.17, 15) is 4.79 Å². The molecule has 0 unspecified atom stereocenters. The number of amides is 1. The van der Waals surface area contributed by atoms with E-state index in [1.807, 2.05) is 25.1 Å². The molecule has 1 saturated heterocycles. The van der Waals surface area contributed by atoms with Gasteiger partial charge in [0.1, 0.15) is 0 Å². The molecule has 0 aromatic heterocycles. The molecular formula is C18H28N2O4. The van der Waals surface area contributed by atoms with Gasteiger partial charge >= 0.3 is 0 Å². The van der Waals surface area contributed by atoms with E-state index in [1.54, 1.807) is 26.4 Å². The minimum absolute atomic E-state index is 0.0144. The molecule has 0 saturated carbocycles. The van der Waals surface area contributed by atoms with Gasteiger partial charge in [-0.3, -0.25) is 4.79 Å². The number of hydrogen-bond donors (Lipinski definition) is 0. The fourth-order valence-corrected chi connectivity index (χ4v) is 2.96. The summed E-state index contributed by atoms with van der Waals surface area (Å²) >= 11 is 0. The van der Waals surface area contributed by atoms with Crippen LogP contribution in [0, 0.1) is 0 Å². The van der Waals surface area contributed by atoms with Crippen molar-refractivity contribution in [3.05, 3.63) is 23.8 Å². The highest BCUT2D eigenvalue weighted by Crippen LogP contribution is 2.32. The van der Waals surface area contributed by atoms with E-state index < -0.39 is 0 Å².